The first-order chi connectivity index (χ1) is 13.0. The minimum Gasteiger partial charge on any atom is -0.448 e. The molecule has 1 saturated carbocycles. The zero-order valence-electron chi connectivity index (χ0n) is 14.9. The van der Waals surface area contributed by atoms with Crippen LogP contribution in [0.15, 0.2) is 22.9 Å². The van der Waals surface area contributed by atoms with Crippen molar-refractivity contribution in [3.05, 3.63) is 28.6 Å². The number of esters is 1. The van der Waals surface area contributed by atoms with Gasteiger partial charge in [0.2, 0.25) is 0 Å². The summed E-state index contributed by atoms with van der Waals surface area (Å²) in [7, 11) is 0. The smallest absolute Gasteiger partial charge is 0.358 e. The first-order valence-electron chi connectivity index (χ1n) is 8.84. The second kappa shape index (κ2) is 9.09. The number of thiophene rings is 1. The molecule has 1 fully saturated rings. The van der Waals surface area contributed by atoms with Crippen molar-refractivity contribution in [2.75, 3.05) is 0 Å². The fourth-order valence-electron chi connectivity index (χ4n) is 2.84. The first kappa shape index (κ1) is 19.5. The molecule has 0 bridgehead atoms. The van der Waals surface area contributed by atoms with Crippen molar-refractivity contribution in [2.24, 2.45) is 0 Å². The molecule has 0 aromatic carbocycles. The Labute approximate surface area is 165 Å². The number of urea groups is 1. The van der Waals surface area contributed by atoms with Gasteiger partial charge in [0.25, 0.3) is 5.91 Å². The summed E-state index contributed by atoms with van der Waals surface area (Å²) in [6, 6.07) is 3.36. The average molecular weight is 408 g/mol. The van der Waals surface area contributed by atoms with Gasteiger partial charge in [0.1, 0.15) is 5.01 Å². The Bertz CT molecular complexity index is 797. The van der Waals surface area contributed by atoms with E-state index < -0.39 is 24.0 Å². The summed E-state index contributed by atoms with van der Waals surface area (Å²) in [6.07, 6.45) is 4.07. The standard InChI is InChI=1S/C18H21N3O4S2/c1-11(15(22)21-18(24)19-12-6-3-2-4-7-12)25-17(23)13-10-27-16(20-13)14-8-5-9-26-14/h5,8-12H,2-4,6-7H2,1H3,(H2,19,21,22,24)/t11-/m1/s1. The van der Waals surface area contributed by atoms with Crippen molar-refractivity contribution >= 4 is 40.6 Å². The van der Waals surface area contributed by atoms with Gasteiger partial charge in [0, 0.05) is 11.4 Å². The molecule has 27 heavy (non-hydrogen) atoms. The van der Waals surface area contributed by atoms with Crippen molar-refractivity contribution in [1.82, 2.24) is 15.6 Å². The summed E-state index contributed by atoms with van der Waals surface area (Å²) in [6.45, 7) is 1.42. The van der Waals surface area contributed by atoms with Crippen LogP contribution in [-0.2, 0) is 9.53 Å². The summed E-state index contributed by atoms with van der Waals surface area (Å²) in [4.78, 5) is 41.4. The summed E-state index contributed by atoms with van der Waals surface area (Å²) in [5.41, 5.74) is 0.148. The van der Waals surface area contributed by atoms with Crippen LogP contribution in [-0.4, -0.2) is 35.0 Å². The molecule has 1 aliphatic carbocycles. The van der Waals surface area contributed by atoms with Crippen LogP contribution < -0.4 is 10.6 Å². The maximum Gasteiger partial charge on any atom is 0.358 e. The number of amides is 3. The van der Waals surface area contributed by atoms with Gasteiger partial charge in [-0.25, -0.2) is 14.6 Å². The van der Waals surface area contributed by atoms with Crippen LogP contribution in [0, 0.1) is 0 Å². The quantitative estimate of drug-likeness (QED) is 0.739. The van der Waals surface area contributed by atoms with E-state index >= 15 is 0 Å². The van der Waals surface area contributed by atoms with Crippen molar-refractivity contribution in [1.29, 1.82) is 0 Å². The third kappa shape index (κ3) is 5.36. The minimum absolute atomic E-state index is 0.0927. The Balaban J connectivity index is 1.48. The molecule has 144 valence electrons. The lowest BCUT2D eigenvalue weighted by atomic mass is 9.96. The fourth-order valence-corrected chi connectivity index (χ4v) is 4.44. The number of aromatic nitrogens is 1. The molecule has 1 atom stereocenters. The van der Waals surface area contributed by atoms with Gasteiger partial charge >= 0.3 is 12.0 Å². The molecular weight excluding hydrogens is 386 g/mol. The molecular formula is C18H21N3O4S2. The van der Waals surface area contributed by atoms with Gasteiger partial charge < -0.3 is 10.1 Å². The molecule has 9 heteroatoms. The van der Waals surface area contributed by atoms with Crippen molar-refractivity contribution in [3.63, 3.8) is 0 Å². The lowest BCUT2D eigenvalue weighted by Crippen LogP contribution is -2.48. The van der Waals surface area contributed by atoms with E-state index in [1.54, 1.807) is 5.38 Å². The molecule has 2 N–H and O–H groups in total. The second-order valence-electron chi connectivity index (χ2n) is 6.36. The SMILES string of the molecule is C[C@@H](OC(=O)c1csc(-c2cccs2)n1)C(=O)NC(=O)NC1CCCCC1. The Morgan fingerprint density at radius 3 is 2.70 bits per heavy atom. The Kier molecular flexibility index (Phi) is 6.57. The predicted molar refractivity (Wildman–Crippen MR) is 104 cm³/mol. The Morgan fingerprint density at radius 2 is 2.00 bits per heavy atom. The van der Waals surface area contributed by atoms with E-state index in [9.17, 15) is 14.4 Å². The Morgan fingerprint density at radius 1 is 1.22 bits per heavy atom. The van der Waals surface area contributed by atoms with Crippen LogP contribution in [0.3, 0.4) is 0 Å². The third-order valence-electron chi connectivity index (χ3n) is 4.28. The van der Waals surface area contributed by atoms with Crippen LogP contribution in [0.1, 0.15) is 49.5 Å². The highest BCUT2D eigenvalue weighted by Crippen LogP contribution is 2.28. The molecule has 0 radical (unpaired) electrons. The maximum absolute atomic E-state index is 12.2. The number of thiazole rings is 1. The number of carbonyl (C=O) groups excluding carboxylic acids is 3. The van der Waals surface area contributed by atoms with Crippen LogP contribution in [0.5, 0.6) is 0 Å². The number of nitrogens with one attached hydrogen (secondary N) is 2. The van der Waals surface area contributed by atoms with Crippen LogP contribution in [0.2, 0.25) is 0 Å². The zero-order valence-corrected chi connectivity index (χ0v) is 16.5. The first-order valence-corrected chi connectivity index (χ1v) is 10.6. The van der Waals surface area contributed by atoms with Gasteiger partial charge in [0.15, 0.2) is 11.8 Å². The Hall–Kier alpha value is -2.26. The minimum atomic E-state index is -1.10. The maximum atomic E-state index is 12.2. The molecule has 0 unspecified atom stereocenters. The van der Waals surface area contributed by atoms with Crippen LogP contribution >= 0.6 is 22.7 Å². The highest BCUT2D eigenvalue weighted by Gasteiger charge is 2.24. The van der Waals surface area contributed by atoms with E-state index in [1.807, 2.05) is 17.5 Å². The summed E-state index contributed by atoms with van der Waals surface area (Å²) in [5, 5.41) is 9.26. The van der Waals surface area contributed by atoms with Gasteiger partial charge in [-0.15, -0.1) is 22.7 Å². The highest BCUT2D eigenvalue weighted by molar-refractivity contribution is 7.20. The molecule has 3 rings (SSSR count). The third-order valence-corrected chi connectivity index (χ3v) is 6.16. The van der Waals surface area contributed by atoms with E-state index in [0.29, 0.717) is 0 Å². The number of carbonyl (C=O) groups is 3. The van der Waals surface area contributed by atoms with Crippen molar-refractivity contribution in [3.8, 4) is 9.88 Å². The molecule has 0 aliphatic heterocycles. The number of rotatable bonds is 5. The number of hydrogen-bond donors (Lipinski definition) is 2. The second-order valence-corrected chi connectivity index (χ2v) is 8.17. The molecule has 0 saturated heterocycles. The van der Waals surface area contributed by atoms with Crippen molar-refractivity contribution < 1.29 is 19.1 Å². The van der Waals surface area contributed by atoms with Crippen molar-refractivity contribution in [2.45, 2.75) is 51.2 Å². The van der Waals surface area contributed by atoms with Gasteiger partial charge in [0.05, 0.1) is 4.88 Å². The molecule has 2 aromatic rings. The van der Waals surface area contributed by atoms with Crippen LogP contribution in [0.25, 0.3) is 9.88 Å². The van der Waals surface area contributed by atoms with E-state index in [1.165, 1.54) is 36.0 Å². The average Bonchev–Trinajstić information content (AvgIpc) is 3.33. The summed E-state index contributed by atoms with van der Waals surface area (Å²) >= 11 is 2.86. The van der Waals surface area contributed by atoms with Crippen LogP contribution in [0.4, 0.5) is 4.79 Å². The molecule has 0 spiro atoms. The topological polar surface area (TPSA) is 97.4 Å². The molecule has 3 amide bonds. The summed E-state index contributed by atoms with van der Waals surface area (Å²) < 4.78 is 5.14. The molecule has 2 heterocycles. The molecule has 2 aromatic heterocycles. The highest BCUT2D eigenvalue weighted by atomic mass is 32.1. The number of hydrogen-bond acceptors (Lipinski definition) is 7. The predicted octanol–water partition coefficient (Wildman–Crippen LogP) is 3.58. The lowest BCUT2D eigenvalue weighted by Gasteiger charge is -2.23. The molecule has 7 nitrogen and oxygen atoms in total. The zero-order chi connectivity index (χ0) is 19.2. The van der Waals surface area contributed by atoms with Gasteiger partial charge in [-0.1, -0.05) is 25.3 Å². The van der Waals surface area contributed by atoms with E-state index in [0.717, 1.165) is 35.6 Å². The monoisotopic (exact) mass is 407 g/mol. The van der Waals surface area contributed by atoms with E-state index in [2.05, 4.69) is 15.6 Å². The van der Waals surface area contributed by atoms with Gasteiger partial charge in [-0.3, -0.25) is 10.1 Å². The normalized spacial score (nSPS) is 15.7. The lowest BCUT2D eigenvalue weighted by molar-refractivity contribution is -0.127. The molecule has 1 aliphatic rings. The number of imide groups is 1. The van der Waals surface area contributed by atoms with E-state index in [-0.39, 0.29) is 11.7 Å². The summed E-state index contributed by atoms with van der Waals surface area (Å²) in [5.74, 6) is -1.35. The number of ether oxygens (including phenoxy) is 1. The van der Waals surface area contributed by atoms with Gasteiger partial charge in [-0.2, -0.15) is 0 Å². The van der Waals surface area contributed by atoms with Gasteiger partial charge in [-0.05, 0) is 31.2 Å². The fraction of sp³-hybridized carbons (Fsp3) is 0.444. The number of nitrogens with zero attached hydrogens (tertiary/aromatic N) is 1. The largest absolute Gasteiger partial charge is 0.448 e. The van der Waals surface area contributed by atoms with E-state index in [4.69, 9.17) is 4.74 Å².